The van der Waals surface area contributed by atoms with Crippen molar-refractivity contribution in [1.29, 1.82) is 0 Å². The molecular weight excluding hydrogens is 428 g/mol. The van der Waals surface area contributed by atoms with E-state index in [4.69, 9.17) is 11.6 Å². The zero-order valence-electron chi connectivity index (χ0n) is 17.9. The van der Waals surface area contributed by atoms with Crippen LogP contribution in [-0.2, 0) is 17.9 Å². The van der Waals surface area contributed by atoms with Crippen LogP contribution in [0.15, 0.2) is 58.1 Å². The molecule has 1 N–H and O–H groups in total. The van der Waals surface area contributed by atoms with Gasteiger partial charge in [-0.25, -0.2) is 0 Å². The molecule has 1 saturated heterocycles. The minimum Gasteiger partial charge on any atom is -0.355 e. The Balaban J connectivity index is 1.52. The predicted octanol–water partition coefficient (Wildman–Crippen LogP) is 2.47. The van der Waals surface area contributed by atoms with Gasteiger partial charge in [-0.3, -0.25) is 23.5 Å². The van der Waals surface area contributed by atoms with E-state index in [2.05, 4.69) is 10.2 Å². The standard InChI is InChI=1S/C24H27ClN4O3/c25-19-10-8-18(9-11-19)16-28-20-6-1-2-7-21(20)29(24(32)23(28)31)17-22(30)26-12-5-15-27-13-3-4-14-27/h1-2,6-11H,3-5,12-17H2,(H,26,30). The molecule has 1 amide bonds. The zero-order chi connectivity index (χ0) is 22.5. The second kappa shape index (κ2) is 10.1. The van der Waals surface area contributed by atoms with Gasteiger partial charge in [0.05, 0.1) is 17.6 Å². The van der Waals surface area contributed by atoms with Crippen LogP contribution in [0, 0.1) is 0 Å². The zero-order valence-corrected chi connectivity index (χ0v) is 18.7. The van der Waals surface area contributed by atoms with Crippen molar-refractivity contribution < 1.29 is 4.79 Å². The lowest BCUT2D eigenvalue weighted by Gasteiger charge is -2.16. The third-order valence-electron chi connectivity index (χ3n) is 5.86. The van der Waals surface area contributed by atoms with E-state index in [1.807, 2.05) is 18.2 Å². The highest BCUT2D eigenvalue weighted by Crippen LogP contribution is 2.14. The fourth-order valence-corrected chi connectivity index (χ4v) is 4.32. The van der Waals surface area contributed by atoms with Crippen molar-refractivity contribution >= 4 is 28.5 Å². The number of likely N-dealkylation sites (tertiary alicyclic amines) is 1. The Bertz CT molecular complexity index is 1210. The summed E-state index contributed by atoms with van der Waals surface area (Å²) in [6.45, 7) is 3.83. The SMILES string of the molecule is O=C(Cn1c(=O)c(=O)n(Cc2ccc(Cl)cc2)c2ccccc21)NCCCN1CCCC1. The van der Waals surface area contributed by atoms with Gasteiger partial charge in [-0.2, -0.15) is 0 Å². The van der Waals surface area contributed by atoms with Crippen LogP contribution >= 0.6 is 11.6 Å². The van der Waals surface area contributed by atoms with Crippen molar-refractivity contribution in [3.05, 3.63) is 79.8 Å². The molecule has 1 aliphatic rings. The van der Waals surface area contributed by atoms with Crippen molar-refractivity contribution in [2.45, 2.75) is 32.4 Å². The number of nitrogens with one attached hydrogen (secondary N) is 1. The fourth-order valence-electron chi connectivity index (χ4n) is 4.19. The van der Waals surface area contributed by atoms with Crippen LogP contribution in [0.1, 0.15) is 24.8 Å². The molecule has 0 radical (unpaired) electrons. The Labute approximate surface area is 191 Å². The maximum absolute atomic E-state index is 12.9. The van der Waals surface area contributed by atoms with Crippen LogP contribution in [-0.4, -0.2) is 46.1 Å². The van der Waals surface area contributed by atoms with Crippen LogP contribution < -0.4 is 16.4 Å². The molecule has 4 rings (SSSR count). The predicted molar refractivity (Wildman–Crippen MR) is 126 cm³/mol. The molecule has 168 valence electrons. The largest absolute Gasteiger partial charge is 0.355 e. The van der Waals surface area contributed by atoms with Gasteiger partial charge in [-0.15, -0.1) is 0 Å². The molecule has 0 aliphatic carbocycles. The number of rotatable bonds is 8. The molecule has 1 aromatic heterocycles. The number of carbonyl (C=O) groups is 1. The second-order valence-corrected chi connectivity index (χ2v) is 8.59. The minimum atomic E-state index is -0.704. The van der Waals surface area contributed by atoms with Crippen LogP contribution in [0.2, 0.25) is 5.02 Å². The highest BCUT2D eigenvalue weighted by atomic mass is 35.5. The summed E-state index contributed by atoms with van der Waals surface area (Å²) < 4.78 is 2.72. The summed E-state index contributed by atoms with van der Waals surface area (Å²) in [7, 11) is 0. The first-order valence-electron chi connectivity index (χ1n) is 11.0. The first-order chi connectivity index (χ1) is 15.5. The highest BCUT2D eigenvalue weighted by molar-refractivity contribution is 6.30. The lowest BCUT2D eigenvalue weighted by Crippen LogP contribution is -2.44. The Hall–Kier alpha value is -2.90. The van der Waals surface area contributed by atoms with Crippen LogP contribution in [0.4, 0.5) is 0 Å². The minimum absolute atomic E-state index is 0.180. The summed E-state index contributed by atoms with van der Waals surface area (Å²) >= 11 is 5.95. The van der Waals surface area contributed by atoms with Gasteiger partial charge < -0.3 is 10.2 Å². The number of halogens is 1. The molecule has 0 saturated carbocycles. The Kier molecular flexibility index (Phi) is 7.07. The van der Waals surface area contributed by atoms with Crippen molar-refractivity contribution in [3.63, 3.8) is 0 Å². The molecule has 7 nitrogen and oxygen atoms in total. The fraction of sp³-hybridized carbons (Fsp3) is 0.375. The maximum atomic E-state index is 12.9. The third-order valence-corrected chi connectivity index (χ3v) is 6.12. The molecule has 0 atom stereocenters. The van der Waals surface area contributed by atoms with Crippen LogP contribution in [0.3, 0.4) is 0 Å². The van der Waals surface area contributed by atoms with E-state index < -0.39 is 11.1 Å². The first-order valence-corrected chi connectivity index (χ1v) is 11.4. The maximum Gasteiger partial charge on any atom is 0.317 e. The number of amides is 1. The molecule has 3 aromatic rings. The smallest absolute Gasteiger partial charge is 0.317 e. The molecular formula is C24H27ClN4O3. The van der Waals surface area contributed by atoms with Crippen LogP contribution in [0.25, 0.3) is 11.0 Å². The topological polar surface area (TPSA) is 76.3 Å². The van der Waals surface area contributed by atoms with Crippen molar-refractivity contribution in [2.75, 3.05) is 26.2 Å². The average Bonchev–Trinajstić information content (AvgIpc) is 3.32. The van der Waals surface area contributed by atoms with Crippen molar-refractivity contribution in [1.82, 2.24) is 19.4 Å². The Morgan fingerprint density at radius 2 is 1.53 bits per heavy atom. The van der Waals surface area contributed by atoms with Gasteiger partial charge in [0.15, 0.2) is 0 Å². The average molecular weight is 455 g/mol. The van der Waals surface area contributed by atoms with Gasteiger partial charge in [0.1, 0.15) is 6.54 Å². The van der Waals surface area contributed by atoms with E-state index in [-0.39, 0.29) is 19.0 Å². The van der Waals surface area contributed by atoms with Crippen molar-refractivity contribution in [3.8, 4) is 0 Å². The summed E-state index contributed by atoms with van der Waals surface area (Å²) in [4.78, 5) is 40.8. The summed E-state index contributed by atoms with van der Waals surface area (Å²) in [6, 6.07) is 14.3. The molecule has 1 aliphatic heterocycles. The number of hydrogen-bond donors (Lipinski definition) is 1. The molecule has 2 aromatic carbocycles. The van der Waals surface area contributed by atoms with Gasteiger partial charge >= 0.3 is 11.1 Å². The van der Waals surface area contributed by atoms with E-state index in [0.29, 0.717) is 22.6 Å². The summed E-state index contributed by atoms with van der Waals surface area (Å²) in [5.41, 5.74) is 0.659. The van der Waals surface area contributed by atoms with Crippen LogP contribution in [0.5, 0.6) is 0 Å². The normalized spacial score (nSPS) is 14.2. The summed E-state index contributed by atoms with van der Waals surface area (Å²) in [5, 5.41) is 3.48. The highest BCUT2D eigenvalue weighted by Gasteiger charge is 2.16. The first kappa shape index (κ1) is 22.3. The van der Waals surface area contributed by atoms with E-state index in [1.54, 1.807) is 30.3 Å². The summed E-state index contributed by atoms with van der Waals surface area (Å²) in [6.07, 6.45) is 3.35. The number of fused-ring (bicyclic) bond motifs is 1. The summed E-state index contributed by atoms with van der Waals surface area (Å²) in [5.74, 6) is -0.270. The quantitative estimate of drug-likeness (QED) is 0.419. The molecule has 0 unspecified atom stereocenters. The lowest BCUT2D eigenvalue weighted by atomic mass is 10.2. The lowest BCUT2D eigenvalue weighted by molar-refractivity contribution is -0.121. The molecule has 2 heterocycles. The molecule has 0 bridgehead atoms. The number of nitrogens with zero attached hydrogens (tertiary/aromatic N) is 3. The number of para-hydroxylation sites is 2. The third kappa shape index (κ3) is 5.11. The molecule has 0 spiro atoms. The molecule has 8 heteroatoms. The monoisotopic (exact) mass is 454 g/mol. The molecule has 32 heavy (non-hydrogen) atoms. The number of aromatic nitrogens is 2. The Morgan fingerprint density at radius 3 is 2.22 bits per heavy atom. The van der Waals surface area contributed by atoms with Gasteiger partial charge in [-0.05, 0) is 68.7 Å². The van der Waals surface area contributed by atoms with Crippen molar-refractivity contribution in [2.24, 2.45) is 0 Å². The van der Waals surface area contributed by atoms with Gasteiger partial charge in [-0.1, -0.05) is 35.9 Å². The number of benzene rings is 2. The van der Waals surface area contributed by atoms with E-state index in [0.717, 1.165) is 31.6 Å². The number of carbonyl (C=O) groups excluding carboxylic acids is 1. The second-order valence-electron chi connectivity index (χ2n) is 8.15. The van der Waals surface area contributed by atoms with E-state index in [1.165, 1.54) is 22.0 Å². The van der Waals surface area contributed by atoms with Gasteiger partial charge in [0.25, 0.3) is 0 Å². The van der Waals surface area contributed by atoms with Gasteiger partial charge in [0, 0.05) is 11.6 Å². The Morgan fingerprint density at radius 1 is 0.906 bits per heavy atom. The number of hydrogen-bond acceptors (Lipinski definition) is 4. The van der Waals surface area contributed by atoms with E-state index in [9.17, 15) is 14.4 Å². The van der Waals surface area contributed by atoms with E-state index >= 15 is 0 Å². The molecule has 1 fully saturated rings. The van der Waals surface area contributed by atoms with Gasteiger partial charge in [0.2, 0.25) is 5.91 Å².